The summed E-state index contributed by atoms with van der Waals surface area (Å²) in [5, 5.41) is 0. The topological polar surface area (TPSA) is 0 Å². The molecule has 0 aliphatic carbocycles. The van der Waals surface area contributed by atoms with Gasteiger partial charge in [-0.3, -0.25) is 0 Å². The molecular weight excluding hydrogens is 137 g/mol. The zero-order chi connectivity index (χ0) is 0. The van der Waals surface area contributed by atoms with Gasteiger partial charge >= 0.3 is 142 Å². The van der Waals surface area contributed by atoms with E-state index in [1.54, 1.807) is 0 Å². The van der Waals surface area contributed by atoms with Crippen molar-refractivity contribution in [2.24, 2.45) is 0 Å². The summed E-state index contributed by atoms with van der Waals surface area (Å²) in [5.41, 5.74) is 0. The number of hydrogen-bond donors (Lipinski definition) is 0. The predicted molar refractivity (Wildman–Crippen MR) is 41.3 cm³/mol. The molecule has 0 spiro atoms. The molecule has 0 atom stereocenters. The Morgan fingerprint density at radius 2 is 1.00 bits per heavy atom. The van der Waals surface area contributed by atoms with Gasteiger partial charge in [0.25, 0.3) is 0 Å². The third-order valence-electron chi connectivity index (χ3n) is 0. The summed E-state index contributed by atoms with van der Waals surface area (Å²) in [7, 11) is 0. The Bertz CT molecular complexity index is 11.6. The molecule has 5 heavy (non-hydrogen) atoms. The summed E-state index contributed by atoms with van der Waals surface area (Å²) < 4.78 is 0. The standard InChI is InChI=1S/BH3.Ca.K.Mg.Na.6H/h1H3;;;;;;;;;;. The maximum absolute atomic E-state index is 0. The average Bonchev–Trinajstić information content (AvgIpc) is 0. The molecule has 0 heterocycles. The summed E-state index contributed by atoms with van der Waals surface area (Å²) in [6, 6.07) is 0. The molecule has 0 aromatic heterocycles. The molecular formula is H9BCaKMgNa. The van der Waals surface area contributed by atoms with Crippen molar-refractivity contribution in [2.75, 3.05) is 0 Å². The van der Waals surface area contributed by atoms with Crippen LogP contribution in [0.3, 0.4) is 0 Å². The van der Waals surface area contributed by atoms with E-state index in [-0.39, 0.29) is 150 Å². The van der Waals surface area contributed by atoms with Crippen LogP contribution < -0.4 is 0 Å². The second-order valence-corrected chi connectivity index (χ2v) is 0. The molecule has 0 aromatic carbocycles. The van der Waals surface area contributed by atoms with E-state index in [1.807, 2.05) is 0 Å². The minimum atomic E-state index is 0. The second kappa shape index (κ2) is 23.3. The molecule has 5 heteroatoms. The van der Waals surface area contributed by atoms with Crippen molar-refractivity contribution in [3.63, 3.8) is 0 Å². The molecule has 0 saturated carbocycles. The molecule has 18 valence electrons. The molecule has 0 fully saturated rings. The summed E-state index contributed by atoms with van der Waals surface area (Å²) in [4.78, 5) is 0. The van der Waals surface area contributed by atoms with Crippen LogP contribution in [0, 0.1) is 0 Å². The molecule has 0 bridgehead atoms. The van der Waals surface area contributed by atoms with E-state index < -0.39 is 0 Å². The van der Waals surface area contributed by atoms with Gasteiger partial charge in [-0.15, -0.1) is 0 Å². The van der Waals surface area contributed by atoms with Crippen LogP contribution in [0.4, 0.5) is 0 Å². The van der Waals surface area contributed by atoms with Crippen molar-refractivity contribution in [2.45, 2.75) is 0 Å². The Morgan fingerprint density at radius 3 is 1.00 bits per heavy atom. The van der Waals surface area contributed by atoms with Gasteiger partial charge in [0.1, 0.15) is 0 Å². The first kappa shape index (κ1) is 33.2. The van der Waals surface area contributed by atoms with Gasteiger partial charge in [-0.2, -0.15) is 0 Å². The van der Waals surface area contributed by atoms with Gasteiger partial charge in [0.05, 0.1) is 8.41 Å². The van der Waals surface area contributed by atoms with Crippen LogP contribution >= 0.6 is 0 Å². The van der Waals surface area contributed by atoms with Gasteiger partial charge in [-0.25, -0.2) is 0 Å². The molecule has 0 aromatic rings. The molecule has 0 aliphatic heterocycles. The SMILES string of the molecule is B.[CaH2].[KH].[MgH2].[NaH]. The third kappa shape index (κ3) is 17.7. The van der Waals surface area contributed by atoms with E-state index in [0.717, 1.165) is 0 Å². The number of hydrogen-bond acceptors (Lipinski definition) is 0. The van der Waals surface area contributed by atoms with Gasteiger partial charge in [-0.05, 0) is 0 Å². The molecule has 0 saturated heterocycles. The normalized spacial score (nSPS) is 0. The van der Waals surface area contributed by atoms with Crippen molar-refractivity contribution in [3.8, 4) is 0 Å². The van der Waals surface area contributed by atoms with Crippen LogP contribution in [0.1, 0.15) is 0 Å². The Balaban J connectivity index is 0. The quantitative estimate of drug-likeness (QED) is 0.303. The summed E-state index contributed by atoms with van der Waals surface area (Å²) >= 11 is 0. The monoisotopic (exact) mass is 146 g/mol. The second-order valence-electron chi connectivity index (χ2n) is 0. The van der Waals surface area contributed by atoms with Crippen molar-refractivity contribution in [1.29, 1.82) is 0 Å². The van der Waals surface area contributed by atoms with E-state index in [2.05, 4.69) is 0 Å². The molecule has 0 amide bonds. The Kier molecular flexibility index (Phi) is 155. The molecule has 0 nitrogen and oxygen atoms in total. The first-order chi connectivity index (χ1) is 0. The van der Waals surface area contributed by atoms with Crippen molar-refractivity contribution in [1.82, 2.24) is 0 Å². The number of rotatable bonds is 0. The fourth-order valence-electron chi connectivity index (χ4n) is 0. The zero-order valence-electron chi connectivity index (χ0n) is 0. The van der Waals surface area contributed by atoms with Crippen LogP contribution in [0.25, 0.3) is 0 Å². The van der Waals surface area contributed by atoms with Crippen molar-refractivity contribution in [3.05, 3.63) is 0 Å². The molecule has 0 unspecified atom stereocenters. The van der Waals surface area contributed by atoms with Crippen molar-refractivity contribution >= 4 is 150 Å². The van der Waals surface area contributed by atoms with Crippen LogP contribution in [0.5, 0.6) is 0 Å². The fraction of sp³-hybridized carbons (Fsp3) is 0. The van der Waals surface area contributed by atoms with E-state index in [4.69, 9.17) is 0 Å². The Hall–Kier alpha value is 4.73. The molecule has 0 aliphatic rings. The Morgan fingerprint density at radius 1 is 1.00 bits per heavy atom. The molecule has 0 N–H and O–H groups in total. The fourth-order valence-corrected chi connectivity index (χ4v) is 0. The molecule has 0 rings (SSSR count). The van der Waals surface area contributed by atoms with Gasteiger partial charge < -0.3 is 0 Å². The van der Waals surface area contributed by atoms with Gasteiger partial charge in [-0.1, -0.05) is 0 Å². The molecule has 0 radical (unpaired) electrons. The predicted octanol–water partition coefficient (Wildman–Crippen LogP) is -4.31. The minimum absolute atomic E-state index is 0. The zero-order valence-corrected chi connectivity index (χ0v) is 0. The third-order valence-corrected chi connectivity index (χ3v) is 0. The van der Waals surface area contributed by atoms with Crippen LogP contribution in [0.2, 0.25) is 0 Å². The van der Waals surface area contributed by atoms with E-state index in [0.29, 0.717) is 0 Å². The Labute approximate surface area is 145 Å². The van der Waals surface area contributed by atoms with E-state index >= 15 is 0 Å². The maximum atomic E-state index is 0. The van der Waals surface area contributed by atoms with Crippen molar-refractivity contribution < 1.29 is 0 Å². The summed E-state index contributed by atoms with van der Waals surface area (Å²) in [6.07, 6.45) is 0. The average molecular weight is 146 g/mol. The van der Waals surface area contributed by atoms with Crippen LogP contribution in [0.15, 0.2) is 0 Å². The summed E-state index contributed by atoms with van der Waals surface area (Å²) in [6.45, 7) is 0. The van der Waals surface area contributed by atoms with Gasteiger partial charge in [0.15, 0.2) is 0 Å². The van der Waals surface area contributed by atoms with Gasteiger partial charge in [0, 0.05) is 0 Å². The first-order valence-corrected chi connectivity index (χ1v) is 0. The van der Waals surface area contributed by atoms with Crippen LogP contribution in [-0.2, 0) is 0 Å². The van der Waals surface area contributed by atoms with E-state index in [9.17, 15) is 0 Å². The van der Waals surface area contributed by atoms with Gasteiger partial charge in [0.2, 0.25) is 0 Å². The van der Waals surface area contributed by atoms with E-state index in [1.165, 1.54) is 0 Å². The van der Waals surface area contributed by atoms with Crippen LogP contribution in [-0.4, -0.2) is 150 Å². The summed E-state index contributed by atoms with van der Waals surface area (Å²) in [5.74, 6) is 0. The first-order valence-electron chi connectivity index (χ1n) is 0.